The molecule has 0 bridgehead atoms. The molecule has 204 valence electrons. The molecule has 39 heavy (non-hydrogen) atoms. The number of hydrogen-bond acceptors (Lipinski definition) is 8. The number of carbonyl (C=O) groups is 2. The molecule has 3 aromatic rings. The predicted octanol–water partition coefficient (Wildman–Crippen LogP) is 4.26. The first kappa shape index (κ1) is 29.5. The first-order chi connectivity index (χ1) is 18.6. The SMILES string of the molecule is CCOC(=O)COc1c(I)cc(/C=c2/sc3n(c2=O)[C@@H](c2ccc(C)cc2)C(C(=O)OCC)=C(C)N=3)cc1I. The van der Waals surface area contributed by atoms with Crippen LogP contribution in [-0.2, 0) is 19.1 Å². The van der Waals surface area contributed by atoms with Crippen LogP contribution in [0.5, 0.6) is 5.75 Å². The number of thiazole rings is 1. The van der Waals surface area contributed by atoms with Crippen LogP contribution in [0.3, 0.4) is 0 Å². The highest BCUT2D eigenvalue weighted by molar-refractivity contribution is 14.1. The molecule has 1 aromatic heterocycles. The molecular formula is C28H26I2N2O6S. The fraction of sp³-hybridized carbons (Fsp3) is 0.286. The van der Waals surface area contributed by atoms with Crippen molar-refractivity contribution in [3.8, 4) is 5.75 Å². The van der Waals surface area contributed by atoms with Gasteiger partial charge in [-0.3, -0.25) is 9.36 Å². The van der Waals surface area contributed by atoms with E-state index < -0.39 is 18.0 Å². The van der Waals surface area contributed by atoms with Crippen molar-refractivity contribution < 1.29 is 23.8 Å². The van der Waals surface area contributed by atoms with Crippen LogP contribution in [0.4, 0.5) is 0 Å². The van der Waals surface area contributed by atoms with Crippen LogP contribution in [0.15, 0.2) is 57.5 Å². The number of halogens is 2. The Labute approximate surface area is 256 Å². The molecule has 0 saturated heterocycles. The monoisotopic (exact) mass is 772 g/mol. The maximum atomic E-state index is 13.8. The highest BCUT2D eigenvalue weighted by atomic mass is 127. The van der Waals surface area contributed by atoms with Crippen LogP contribution in [0.25, 0.3) is 6.08 Å². The van der Waals surface area contributed by atoms with Crippen LogP contribution >= 0.6 is 56.5 Å². The third-order valence-electron chi connectivity index (χ3n) is 5.87. The molecule has 0 unspecified atom stereocenters. The lowest BCUT2D eigenvalue weighted by Crippen LogP contribution is -2.39. The van der Waals surface area contributed by atoms with E-state index in [0.29, 0.717) is 26.4 Å². The van der Waals surface area contributed by atoms with E-state index in [1.807, 2.05) is 43.3 Å². The van der Waals surface area contributed by atoms with Crippen molar-refractivity contribution in [2.45, 2.75) is 33.7 Å². The van der Waals surface area contributed by atoms with Crippen molar-refractivity contribution >= 4 is 74.5 Å². The molecule has 4 rings (SSSR count). The van der Waals surface area contributed by atoms with Gasteiger partial charge in [0.1, 0.15) is 5.75 Å². The van der Waals surface area contributed by atoms with Gasteiger partial charge < -0.3 is 14.2 Å². The van der Waals surface area contributed by atoms with Crippen molar-refractivity contribution in [1.82, 2.24) is 4.57 Å². The first-order valence-electron chi connectivity index (χ1n) is 12.2. The second-order valence-electron chi connectivity index (χ2n) is 8.62. The zero-order valence-electron chi connectivity index (χ0n) is 21.7. The summed E-state index contributed by atoms with van der Waals surface area (Å²) in [5, 5.41) is 0. The molecule has 11 heteroatoms. The van der Waals surface area contributed by atoms with Gasteiger partial charge in [0.25, 0.3) is 5.56 Å². The first-order valence-corrected chi connectivity index (χ1v) is 15.2. The number of aryl methyl sites for hydroxylation is 1. The average Bonchev–Trinajstić information content (AvgIpc) is 3.17. The maximum absolute atomic E-state index is 13.8. The fourth-order valence-electron chi connectivity index (χ4n) is 4.14. The Bertz CT molecular complexity index is 1620. The van der Waals surface area contributed by atoms with Gasteiger partial charge in [0, 0.05) is 0 Å². The predicted molar refractivity (Wildman–Crippen MR) is 166 cm³/mol. The maximum Gasteiger partial charge on any atom is 0.344 e. The topological polar surface area (TPSA) is 96.2 Å². The third-order valence-corrected chi connectivity index (χ3v) is 8.45. The van der Waals surface area contributed by atoms with E-state index in [9.17, 15) is 14.4 Å². The lowest BCUT2D eigenvalue weighted by atomic mass is 9.95. The number of rotatable bonds is 8. The molecule has 0 radical (unpaired) electrons. The summed E-state index contributed by atoms with van der Waals surface area (Å²) < 4.78 is 19.6. The van der Waals surface area contributed by atoms with Crippen LogP contribution in [0, 0.1) is 14.1 Å². The van der Waals surface area contributed by atoms with Crippen molar-refractivity contribution in [3.05, 3.63) is 91.2 Å². The van der Waals surface area contributed by atoms with E-state index in [2.05, 4.69) is 50.2 Å². The number of aromatic nitrogens is 1. The van der Waals surface area contributed by atoms with Gasteiger partial charge >= 0.3 is 11.9 Å². The van der Waals surface area contributed by atoms with Crippen LogP contribution in [0.1, 0.15) is 43.5 Å². The smallest absolute Gasteiger partial charge is 0.344 e. The Morgan fingerprint density at radius 2 is 1.69 bits per heavy atom. The molecule has 0 N–H and O–H groups in total. The lowest BCUT2D eigenvalue weighted by Gasteiger charge is -2.24. The van der Waals surface area contributed by atoms with Gasteiger partial charge in [-0.05, 0) is 102 Å². The average molecular weight is 772 g/mol. The lowest BCUT2D eigenvalue weighted by molar-refractivity contribution is -0.145. The van der Waals surface area contributed by atoms with Crippen molar-refractivity contribution in [2.75, 3.05) is 19.8 Å². The largest absolute Gasteiger partial charge is 0.480 e. The highest BCUT2D eigenvalue weighted by Gasteiger charge is 2.33. The number of hydrogen-bond donors (Lipinski definition) is 0. The Kier molecular flexibility index (Phi) is 9.64. The number of ether oxygens (including phenoxy) is 3. The molecule has 2 aromatic carbocycles. The highest BCUT2D eigenvalue weighted by Crippen LogP contribution is 2.31. The molecule has 0 spiro atoms. The summed E-state index contributed by atoms with van der Waals surface area (Å²) in [5.74, 6) is -0.340. The van der Waals surface area contributed by atoms with E-state index >= 15 is 0 Å². The minimum Gasteiger partial charge on any atom is -0.480 e. The Hall–Kier alpha value is -2.52. The van der Waals surface area contributed by atoms with Crippen LogP contribution in [0.2, 0.25) is 0 Å². The third kappa shape index (κ3) is 6.46. The van der Waals surface area contributed by atoms with Gasteiger partial charge in [0.15, 0.2) is 11.4 Å². The summed E-state index contributed by atoms with van der Waals surface area (Å²) in [6, 6.07) is 10.9. The van der Waals surface area contributed by atoms with Gasteiger partial charge in [-0.1, -0.05) is 41.2 Å². The number of esters is 2. The fourth-order valence-corrected chi connectivity index (χ4v) is 7.32. The molecule has 8 nitrogen and oxygen atoms in total. The zero-order valence-corrected chi connectivity index (χ0v) is 26.9. The van der Waals surface area contributed by atoms with E-state index in [4.69, 9.17) is 14.2 Å². The molecule has 1 aliphatic heterocycles. The Morgan fingerprint density at radius 3 is 2.31 bits per heavy atom. The molecule has 1 aliphatic rings. The van der Waals surface area contributed by atoms with Gasteiger partial charge in [-0.2, -0.15) is 0 Å². The van der Waals surface area contributed by atoms with Gasteiger partial charge in [-0.15, -0.1) is 0 Å². The number of nitrogens with zero attached hydrogens (tertiary/aromatic N) is 2. The summed E-state index contributed by atoms with van der Waals surface area (Å²) >= 11 is 5.56. The second kappa shape index (κ2) is 12.8. The summed E-state index contributed by atoms with van der Waals surface area (Å²) in [6.07, 6.45) is 1.80. The van der Waals surface area contributed by atoms with Crippen LogP contribution in [-0.4, -0.2) is 36.3 Å². The number of allylic oxidation sites excluding steroid dienone is 1. The van der Waals surface area contributed by atoms with Crippen molar-refractivity contribution in [3.63, 3.8) is 0 Å². The van der Waals surface area contributed by atoms with Gasteiger partial charge in [0.05, 0.1) is 42.2 Å². The van der Waals surface area contributed by atoms with Gasteiger partial charge in [0.2, 0.25) is 0 Å². The van der Waals surface area contributed by atoms with E-state index in [1.165, 1.54) is 11.3 Å². The normalized spacial score (nSPS) is 15.0. The summed E-state index contributed by atoms with van der Waals surface area (Å²) in [4.78, 5) is 43.7. The van der Waals surface area contributed by atoms with Gasteiger partial charge in [-0.25, -0.2) is 14.6 Å². The van der Waals surface area contributed by atoms with E-state index in [0.717, 1.165) is 23.8 Å². The zero-order chi connectivity index (χ0) is 28.3. The summed E-state index contributed by atoms with van der Waals surface area (Å²) in [5.41, 5.74) is 3.31. The van der Waals surface area contributed by atoms with Crippen LogP contribution < -0.4 is 19.6 Å². The molecule has 0 amide bonds. The van der Waals surface area contributed by atoms with Crippen molar-refractivity contribution in [1.29, 1.82) is 0 Å². The quantitative estimate of drug-likeness (QED) is 0.251. The minimum atomic E-state index is -0.651. The molecular weight excluding hydrogens is 746 g/mol. The number of benzene rings is 2. The molecule has 1 atom stereocenters. The van der Waals surface area contributed by atoms with Crippen molar-refractivity contribution in [2.24, 2.45) is 4.99 Å². The number of carbonyl (C=O) groups excluding carboxylic acids is 2. The minimum absolute atomic E-state index is 0.182. The standard InChI is InChI=1S/C28H26I2N2O6S/c1-5-36-22(33)14-38-25-19(29)11-17(12-20(25)30)13-21-26(34)32-24(18-9-7-15(3)8-10-18)23(27(35)37-6-2)16(4)31-28(32)39-21/h7-13,24H,5-6,14H2,1-4H3/b21-13+/t24-/m0/s1. The second-order valence-corrected chi connectivity index (χ2v) is 12.0. The van der Waals surface area contributed by atoms with E-state index in [-0.39, 0.29) is 25.4 Å². The number of fused-ring (bicyclic) bond motifs is 1. The summed E-state index contributed by atoms with van der Waals surface area (Å²) in [6.45, 7) is 7.57. The Balaban J connectivity index is 1.80. The summed E-state index contributed by atoms with van der Waals surface area (Å²) in [7, 11) is 0. The molecule has 0 fully saturated rings. The molecule has 0 saturated carbocycles. The Morgan fingerprint density at radius 1 is 1.05 bits per heavy atom. The van der Waals surface area contributed by atoms with E-state index in [1.54, 1.807) is 31.4 Å². The molecule has 2 heterocycles. The molecule has 0 aliphatic carbocycles.